The predicted molar refractivity (Wildman–Crippen MR) is 79.1 cm³/mol. The van der Waals surface area contributed by atoms with Crippen molar-refractivity contribution in [2.45, 2.75) is 58.1 Å². The lowest BCUT2D eigenvalue weighted by molar-refractivity contribution is 0.0490. The average molecular weight is 303 g/mol. The molecule has 1 N–H and O–H groups in total. The molecular formula is C14H25NO4S. The van der Waals surface area contributed by atoms with Crippen LogP contribution in [0.3, 0.4) is 0 Å². The molecule has 0 heterocycles. The van der Waals surface area contributed by atoms with E-state index in [0.717, 1.165) is 25.7 Å². The predicted octanol–water partition coefficient (Wildman–Crippen LogP) is 2.63. The lowest BCUT2D eigenvalue weighted by atomic mass is 9.86. The molecule has 0 aromatic rings. The van der Waals surface area contributed by atoms with Crippen LogP contribution in [0.15, 0.2) is 11.5 Å². The van der Waals surface area contributed by atoms with Crippen LogP contribution in [0.2, 0.25) is 0 Å². The number of alkyl carbamates (subject to hydrolysis) is 1. The topological polar surface area (TPSA) is 72.5 Å². The maximum Gasteiger partial charge on any atom is 0.407 e. The fraction of sp³-hybridized carbons (Fsp3) is 0.786. The third kappa shape index (κ3) is 7.53. The second kappa shape index (κ2) is 6.61. The number of ether oxygens (including phenoxy) is 1. The highest BCUT2D eigenvalue weighted by molar-refractivity contribution is 7.93. The summed E-state index contributed by atoms with van der Waals surface area (Å²) in [5.74, 6) is 0.279. The van der Waals surface area contributed by atoms with Gasteiger partial charge in [0.05, 0.1) is 0 Å². The minimum absolute atomic E-state index is 0.118. The Kier molecular flexibility index (Phi) is 5.62. The van der Waals surface area contributed by atoms with Gasteiger partial charge in [0.1, 0.15) is 5.60 Å². The zero-order valence-electron chi connectivity index (χ0n) is 12.7. The van der Waals surface area contributed by atoms with Crippen LogP contribution in [0.25, 0.3) is 0 Å². The molecular weight excluding hydrogens is 278 g/mol. The molecule has 0 aromatic heterocycles. The molecule has 6 heteroatoms. The molecule has 5 nitrogen and oxygen atoms in total. The van der Waals surface area contributed by atoms with Gasteiger partial charge in [0.2, 0.25) is 0 Å². The molecule has 1 aliphatic rings. The maximum atomic E-state index is 11.6. The Labute approximate surface area is 121 Å². The standard InChI is InChI=1S/C14H25NO4S/c1-14(2,3)19-13(16)15-12-7-5-11(6-8-12)9-10-20(4,17)18/h9-12H,5-8H2,1-4H3,(H,15,16)/t11-,12-. The average Bonchev–Trinajstić information content (AvgIpc) is 2.24. The van der Waals surface area contributed by atoms with Crippen LogP contribution in [0.5, 0.6) is 0 Å². The lowest BCUT2D eigenvalue weighted by Crippen LogP contribution is -2.40. The second-order valence-corrected chi connectivity index (χ2v) is 8.35. The first-order chi connectivity index (χ1) is 9.05. The van der Waals surface area contributed by atoms with E-state index < -0.39 is 15.4 Å². The summed E-state index contributed by atoms with van der Waals surface area (Å²) in [6, 6.07) is 0.118. The summed E-state index contributed by atoms with van der Waals surface area (Å²) in [5, 5.41) is 4.14. The van der Waals surface area contributed by atoms with Crippen LogP contribution < -0.4 is 5.32 Å². The number of allylic oxidation sites excluding steroid dienone is 1. The van der Waals surface area contributed by atoms with E-state index in [1.165, 1.54) is 11.7 Å². The highest BCUT2D eigenvalue weighted by atomic mass is 32.2. The first-order valence-electron chi connectivity index (χ1n) is 6.93. The number of sulfone groups is 1. The highest BCUT2D eigenvalue weighted by Crippen LogP contribution is 2.25. The van der Waals surface area contributed by atoms with Gasteiger partial charge in [-0.3, -0.25) is 0 Å². The van der Waals surface area contributed by atoms with Gasteiger partial charge in [-0.1, -0.05) is 6.08 Å². The highest BCUT2D eigenvalue weighted by Gasteiger charge is 2.23. The Morgan fingerprint density at radius 3 is 2.20 bits per heavy atom. The van der Waals surface area contributed by atoms with Gasteiger partial charge >= 0.3 is 6.09 Å². The normalized spacial score (nSPS) is 24.6. The van der Waals surface area contributed by atoms with Gasteiger partial charge in [-0.05, 0) is 52.4 Å². The van der Waals surface area contributed by atoms with E-state index in [9.17, 15) is 13.2 Å². The van der Waals surface area contributed by atoms with E-state index in [-0.39, 0.29) is 18.1 Å². The molecule has 0 spiro atoms. The van der Waals surface area contributed by atoms with Crippen molar-refractivity contribution < 1.29 is 17.9 Å². The fourth-order valence-electron chi connectivity index (χ4n) is 2.18. The molecule has 0 atom stereocenters. The molecule has 0 saturated heterocycles. The molecule has 0 radical (unpaired) electrons. The van der Waals surface area contributed by atoms with E-state index in [0.29, 0.717) is 0 Å². The number of nitrogens with one attached hydrogen (secondary N) is 1. The van der Waals surface area contributed by atoms with Crippen molar-refractivity contribution in [2.75, 3.05) is 6.26 Å². The molecule has 0 bridgehead atoms. The summed E-state index contributed by atoms with van der Waals surface area (Å²) in [7, 11) is -3.05. The third-order valence-electron chi connectivity index (χ3n) is 3.09. The summed E-state index contributed by atoms with van der Waals surface area (Å²) in [5.41, 5.74) is -0.487. The number of amides is 1. The zero-order chi connectivity index (χ0) is 15.4. The molecule has 1 amide bonds. The van der Waals surface area contributed by atoms with Crippen molar-refractivity contribution in [3.05, 3.63) is 11.5 Å². The minimum atomic E-state index is -3.05. The smallest absolute Gasteiger partial charge is 0.407 e. The number of hydrogen-bond acceptors (Lipinski definition) is 4. The van der Waals surface area contributed by atoms with E-state index >= 15 is 0 Å². The van der Waals surface area contributed by atoms with Gasteiger partial charge in [0.15, 0.2) is 9.84 Å². The van der Waals surface area contributed by atoms with Crippen molar-refractivity contribution in [3.8, 4) is 0 Å². The van der Waals surface area contributed by atoms with Crippen LogP contribution in [0.1, 0.15) is 46.5 Å². The zero-order valence-corrected chi connectivity index (χ0v) is 13.5. The van der Waals surface area contributed by atoms with Crippen molar-refractivity contribution >= 4 is 15.9 Å². The van der Waals surface area contributed by atoms with Crippen LogP contribution in [-0.4, -0.2) is 32.4 Å². The van der Waals surface area contributed by atoms with Crippen LogP contribution in [0.4, 0.5) is 4.79 Å². The molecule has 1 saturated carbocycles. The van der Waals surface area contributed by atoms with E-state index in [4.69, 9.17) is 4.74 Å². The van der Waals surface area contributed by atoms with Gasteiger partial charge < -0.3 is 10.1 Å². The van der Waals surface area contributed by atoms with Gasteiger partial charge in [0, 0.05) is 17.7 Å². The maximum absolute atomic E-state index is 11.6. The van der Waals surface area contributed by atoms with Gasteiger partial charge in [0.25, 0.3) is 0 Å². The summed E-state index contributed by atoms with van der Waals surface area (Å²) >= 11 is 0. The number of carbonyl (C=O) groups is 1. The number of hydrogen-bond donors (Lipinski definition) is 1. The summed E-state index contributed by atoms with van der Waals surface area (Å²) in [4.78, 5) is 11.6. The Hall–Kier alpha value is -1.04. The molecule has 20 heavy (non-hydrogen) atoms. The minimum Gasteiger partial charge on any atom is -0.444 e. The van der Waals surface area contributed by atoms with E-state index in [1.54, 1.807) is 6.08 Å². The molecule has 0 aromatic carbocycles. The van der Waals surface area contributed by atoms with Crippen molar-refractivity contribution in [1.29, 1.82) is 0 Å². The van der Waals surface area contributed by atoms with Gasteiger partial charge in [-0.2, -0.15) is 0 Å². The molecule has 1 aliphatic carbocycles. The van der Waals surface area contributed by atoms with Crippen molar-refractivity contribution in [3.63, 3.8) is 0 Å². The van der Waals surface area contributed by atoms with E-state index in [2.05, 4.69) is 5.32 Å². The first kappa shape index (κ1) is 17.0. The largest absolute Gasteiger partial charge is 0.444 e. The first-order valence-corrected chi connectivity index (χ1v) is 8.88. The summed E-state index contributed by atoms with van der Waals surface area (Å²) in [6.07, 6.45) is 6.03. The lowest BCUT2D eigenvalue weighted by Gasteiger charge is -2.28. The van der Waals surface area contributed by atoms with Gasteiger partial charge in [-0.15, -0.1) is 0 Å². The summed E-state index contributed by atoms with van der Waals surface area (Å²) < 4.78 is 27.3. The van der Waals surface area contributed by atoms with Crippen molar-refractivity contribution in [1.82, 2.24) is 5.32 Å². The Bertz CT molecular complexity index is 454. The molecule has 116 valence electrons. The van der Waals surface area contributed by atoms with Gasteiger partial charge in [-0.25, -0.2) is 13.2 Å². The number of carbonyl (C=O) groups excluding carboxylic acids is 1. The van der Waals surface area contributed by atoms with Crippen LogP contribution in [-0.2, 0) is 14.6 Å². The SMILES string of the molecule is CC(C)(C)OC(=O)N[C@H]1CC[C@H](C=CS(C)(=O)=O)CC1. The summed E-state index contributed by atoms with van der Waals surface area (Å²) in [6.45, 7) is 5.50. The molecule has 1 fully saturated rings. The van der Waals surface area contributed by atoms with Crippen LogP contribution in [0, 0.1) is 5.92 Å². The van der Waals surface area contributed by atoms with Crippen molar-refractivity contribution in [2.24, 2.45) is 5.92 Å². The second-order valence-electron chi connectivity index (χ2n) is 6.42. The monoisotopic (exact) mass is 303 g/mol. The number of rotatable bonds is 3. The third-order valence-corrected chi connectivity index (χ3v) is 3.74. The quantitative estimate of drug-likeness (QED) is 0.870. The molecule has 1 rings (SSSR count). The Balaban J connectivity index is 2.36. The molecule has 0 aliphatic heterocycles. The fourth-order valence-corrected chi connectivity index (χ4v) is 2.69. The Morgan fingerprint density at radius 2 is 1.75 bits per heavy atom. The van der Waals surface area contributed by atoms with E-state index in [1.807, 2.05) is 20.8 Å². The Morgan fingerprint density at radius 1 is 1.20 bits per heavy atom. The molecule has 0 unspecified atom stereocenters. The van der Waals surface area contributed by atoms with Crippen LogP contribution >= 0.6 is 0 Å².